The Morgan fingerprint density at radius 3 is 2.75 bits per heavy atom. The molecule has 0 radical (unpaired) electrons. The Balaban J connectivity index is 1.46. The number of hydrogen-bond donors (Lipinski definition) is 2. The van der Waals surface area contributed by atoms with Gasteiger partial charge in [0.05, 0.1) is 51.6 Å². The van der Waals surface area contributed by atoms with Gasteiger partial charge in [-0.05, 0) is 50.9 Å². The van der Waals surface area contributed by atoms with Gasteiger partial charge in [0.1, 0.15) is 36.5 Å². The number of ether oxygens (including phenoxy) is 2. The van der Waals surface area contributed by atoms with E-state index in [0.717, 1.165) is 12.5 Å². The number of halogens is 6. The van der Waals surface area contributed by atoms with E-state index in [4.69, 9.17) is 37.5 Å². The molecule has 2 saturated heterocycles. The summed E-state index contributed by atoms with van der Waals surface area (Å²) in [5.41, 5.74) is 8.65. The number of aryl methyl sites for hydroxylation is 1. The average Bonchev–Trinajstić information content (AvgIpc) is 3.46. The molecule has 0 amide bonds. The first-order valence-corrected chi connectivity index (χ1v) is 15.7. The fraction of sp³-hybridized carbons (Fsp3) is 0.452. The monoisotopic (exact) mass is 691 g/mol. The highest BCUT2D eigenvalue weighted by Crippen LogP contribution is 2.51. The zero-order valence-electron chi connectivity index (χ0n) is 25.9. The van der Waals surface area contributed by atoms with Crippen molar-refractivity contribution in [1.82, 2.24) is 30.0 Å². The van der Waals surface area contributed by atoms with Crippen LogP contribution in [0.25, 0.3) is 22.2 Å². The van der Waals surface area contributed by atoms with Crippen molar-refractivity contribution in [2.24, 2.45) is 0 Å². The zero-order chi connectivity index (χ0) is 34.1. The number of benzene rings is 1. The summed E-state index contributed by atoms with van der Waals surface area (Å²) >= 11 is 6.77. The minimum Gasteiger partial charge on any atom is -0.489 e. The lowest BCUT2D eigenvalue weighted by Gasteiger charge is -2.32. The van der Waals surface area contributed by atoms with Crippen LogP contribution in [-0.2, 0) is 6.18 Å². The molecule has 6 heterocycles. The summed E-state index contributed by atoms with van der Waals surface area (Å²) < 4.78 is 86.9. The van der Waals surface area contributed by atoms with E-state index in [1.165, 1.54) is 13.1 Å². The molecule has 1 aromatic carbocycles. The normalized spacial score (nSPS) is 21.7. The second-order valence-corrected chi connectivity index (χ2v) is 12.8. The van der Waals surface area contributed by atoms with Crippen molar-refractivity contribution < 1.29 is 31.4 Å². The summed E-state index contributed by atoms with van der Waals surface area (Å²) in [5, 5.41) is 7.31. The van der Waals surface area contributed by atoms with Crippen molar-refractivity contribution in [3.8, 4) is 23.0 Å². The van der Waals surface area contributed by atoms with Gasteiger partial charge < -0.3 is 25.8 Å². The van der Waals surface area contributed by atoms with Gasteiger partial charge in [0.15, 0.2) is 17.4 Å². The fourth-order valence-electron chi connectivity index (χ4n) is 7.34. The quantitative estimate of drug-likeness (QED) is 0.241. The molecule has 11 nitrogen and oxygen atoms in total. The summed E-state index contributed by atoms with van der Waals surface area (Å²) in [6, 6.07) is 1.95. The molecule has 3 aliphatic rings. The van der Waals surface area contributed by atoms with Crippen molar-refractivity contribution >= 4 is 40.0 Å². The number of aromatic nitrogens is 5. The second-order valence-electron chi connectivity index (χ2n) is 12.4. The Hall–Kier alpha value is -4.31. The van der Waals surface area contributed by atoms with Gasteiger partial charge in [0, 0.05) is 18.5 Å². The van der Waals surface area contributed by atoms with Crippen molar-refractivity contribution in [2.45, 2.75) is 57.0 Å². The molecule has 3 atom stereocenters. The van der Waals surface area contributed by atoms with Gasteiger partial charge in [-0.3, -0.25) is 4.90 Å². The van der Waals surface area contributed by atoms with Crippen LogP contribution in [0.2, 0.25) is 5.02 Å². The molecule has 7 rings (SSSR count). The van der Waals surface area contributed by atoms with Crippen LogP contribution in [0.15, 0.2) is 18.3 Å². The second kappa shape index (κ2) is 11.7. The highest BCUT2D eigenvalue weighted by atomic mass is 35.5. The lowest BCUT2D eigenvalue weighted by atomic mass is 9.95. The molecule has 0 unspecified atom stereocenters. The number of nitrogens with zero attached hydrogens (tertiary/aromatic N) is 7. The van der Waals surface area contributed by atoms with Crippen LogP contribution in [0.4, 0.5) is 39.4 Å². The van der Waals surface area contributed by atoms with Gasteiger partial charge in [0.2, 0.25) is 0 Å². The standard InChI is InChI=1S/C31H31ClF5N9O2/c1-14-10-18(38)41-24(21(14)31(35,36)37)19-22(32)26-20-25(23(19)34)42-29(48-13-30-5-3-7-45(30)12-16(33)11-30)43-28(20)46(8-9-47-26)15(2)17-4-6-40-44-27(17)39/h4,6,10,15-16H,3,5,7-9,11-13H2,1-2H3,(H2,38,41)(H2,39,44)/t15-,16-,30+/m1/s1. The van der Waals surface area contributed by atoms with Gasteiger partial charge in [-0.2, -0.15) is 28.2 Å². The predicted molar refractivity (Wildman–Crippen MR) is 168 cm³/mol. The summed E-state index contributed by atoms with van der Waals surface area (Å²) in [6.45, 7) is 4.18. The molecule has 2 fully saturated rings. The topological polar surface area (TPSA) is 141 Å². The number of pyridine rings is 1. The molecule has 4 N–H and O–H groups in total. The van der Waals surface area contributed by atoms with Crippen molar-refractivity contribution in [1.29, 1.82) is 0 Å². The van der Waals surface area contributed by atoms with E-state index in [9.17, 15) is 17.6 Å². The maximum atomic E-state index is 17.0. The van der Waals surface area contributed by atoms with Crippen LogP contribution in [0, 0.1) is 12.7 Å². The van der Waals surface area contributed by atoms with Crippen LogP contribution in [-0.4, -0.2) is 74.6 Å². The minimum atomic E-state index is -4.93. The third-order valence-electron chi connectivity index (χ3n) is 9.48. The first-order valence-electron chi connectivity index (χ1n) is 15.3. The van der Waals surface area contributed by atoms with E-state index in [-0.39, 0.29) is 72.9 Å². The maximum absolute atomic E-state index is 17.0. The van der Waals surface area contributed by atoms with Gasteiger partial charge in [-0.15, -0.1) is 5.10 Å². The highest BCUT2D eigenvalue weighted by molar-refractivity contribution is 6.36. The summed E-state index contributed by atoms with van der Waals surface area (Å²) in [4.78, 5) is 16.8. The molecule has 0 saturated carbocycles. The number of fused-ring (bicyclic) bond motifs is 1. The summed E-state index contributed by atoms with van der Waals surface area (Å²) in [5.74, 6) is -1.31. The van der Waals surface area contributed by atoms with Crippen LogP contribution >= 0.6 is 11.6 Å². The Labute approximate surface area is 276 Å². The number of anilines is 3. The first-order chi connectivity index (χ1) is 22.8. The number of hydrogen-bond acceptors (Lipinski definition) is 11. The van der Waals surface area contributed by atoms with E-state index in [1.54, 1.807) is 11.0 Å². The summed E-state index contributed by atoms with van der Waals surface area (Å²) in [6.07, 6.45) is -2.67. The molecule has 17 heteroatoms. The van der Waals surface area contributed by atoms with Gasteiger partial charge >= 0.3 is 12.2 Å². The fourth-order valence-corrected chi connectivity index (χ4v) is 7.66. The minimum absolute atomic E-state index is 0.0121. The highest BCUT2D eigenvalue weighted by Gasteiger charge is 2.49. The Kier molecular flexibility index (Phi) is 7.85. The third kappa shape index (κ3) is 5.25. The molecular formula is C31H31ClF5N9O2. The molecule has 4 aromatic rings. The largest absolute Gasteiger partial charge is 0.489 e. The third-order valence-corrected chi connectivity index (χ3v) is 9.84. The van der Waals surface area contributed by atoms with Gasteiger partial charge in [-0.1, -0.05) is 11.6 Å². The SMILES string of the molecule is Cc1cc(N)nc(-c2c(Cl)c3c4c(nc(OC[C@@]56CCCN5C[C@H](F)C6)nc4c2F)N([C@H](C)c2ccnnc2N)CCO3)c1C(F)(F)F. The molecule has 3 aliphatic heterocycles. The van der Waals surface area contributed by atoms with E-state index >= 15 is 4.39 Å². The van der Waals surface area contributed by atoms with E-state index in [0.29, 0.717) is 18.5 Å². The number of alkyl halides is 4. The van der Waals surface area contributed by atoms with Crippen molar-refractivity contribution in [3.05, 3.63) is 45.9 Å². The number of nitrogen functional groups attached to an aromatic ring is 2. The van der Waals surface area contributed by atoms with Gasteiger partial charge in [0.25, 0.3) is 0 Å². The lowest BCUT2D eigenvalue weighted by molar-refractivity contribution is -0.137. The van der Waals surface area contributed by atoms with Crippen LogP contribution < -0.4 is 25.8 Å². The lowest BCUT2D eigenvalue weighted by Crippen LogP contribution is -2.43. The number of rotatable bonds is 6. The molecule has 48 heavy (non-hydrogen) atoms. The maximum Gasteiger partial charge on any atom is 0.418 e. The van der Waals surface area contributed by atoms with E-state index in [1.807, 2.05) is 11.8 Å². The predicted octanol–water partition coefficient (Wildman–Crippen LogP) is 5.68. The van der Waals surface area contributed by atoms with Crippen LogP contribution in [0.1, 0.15) is 48.9 Å². The van der Waals surface area contributed by atoms with Gasteiger partial charge in [-0.25, -0.2) is 13.8 Å². The van der Waals surface area contributed by atoms with E-state index in [2.05, 4.69) is 20.2 Å². The zero-order valence-corrected chi connectivity index (χ0v) is 26.7. The molecular weight excluding hydrogens is 661 g/mol. The smallest absolute Gasteiger partial charge is 0.418 e. The van der Waals surface area contributed by atoms with Crippen LogP contribution in [0.3, 0.4) is 0 Å². The molecule has 0 bridgehead atoms. The van der Waals surface area contributed by atoms with Crippen molar-refractivity contribution in [3.63, 3.8) is 0 Å². The number of nitrogens with two attached hydrogens (primary N) is 2. The molecule has 0 spiro atoms. The Morgan fingerprint density at radius 1 is 1.21 bits per heavy atom. The average molecular weight is 692 g/mol. The van der Waals surface area contributed by atoms with E-state index < -0.39 is 57.1 Å². The molecule has 254 valence electrons. The molecule has 0 aliphatic carbocycles. The first kappa shape index (κ1) is 32.2. The van der Waals surface area contributed by atoms with Crippen molar-refractivity contribution in [2.75, 3.05) is 49.2 Å². The molecule has 3 aromatic heterocycles. The van der Waals surface area contributed by atoms with Crippen LogP contribution in [0.5, 0.6) is 11.8 Å². The Bertz CT molecular complexity index is 1930. The Morgan fingerprint density at radius 2 is 2.00 bits per heavy atom. The summed E-state index contributed by atoms with van der Waals surface area (Å²) in [7, 11) is 0.